The van der Waals surface area contributed by atoms with E-state index >= 15 is 0 Å². The molecule has 0 amide bonds. The average Bonchev–Trinajstić information content (AvgIpc) is 3.37. The highest BCUT2D eigenvalue weighted by Crippen LogP contribution is 2.35. The molecule has 2 aromatic heterocycles. The minimum atomic E-state index is -0.179. The standard InChI is InChI=1S/C20H23FN4S/c1-24-19(11-3-8-17-9-5-13-26-17)22-23-20(24)25-12-4-10-18(25)15-6-2-7-16(21)14-15/h2,5-7,9,13-14,18H,3-4,8,10-12H2,1H3. The first-order chi connectivity index (χ1) is 12.7. The number of rotatable bonds is 6. The zero-order valence-electron chi connectivity index (χ0n) is 14.9. The SMILES string of the molecule is Cn1c(CCCc2cccs2)nnc1N1CCCC1c1cccc(F)c1. The lowest BCUT2D eigenvalue weighted by atomic mass is 10.0. The highest BCUT2D eigenvalue weighted by atomic mass is 32.1. The number of aryl methyl sites for hydroxylation is 2. The van der Waals surface area contributed by atoms with Crippen LogP contribution >= 0.6 is 11.3 Å². The van der Waals surface area contributed by atoms with Crippen molar-refractivity contribution >= 4 is 17.3 Å². The Kier molecular flexibility index (Phi) is 5.02. The minimum Gasteiger partial charge on any atom is -0.334 e. The van der Waals surface area contributed by atoms with Gasteiger partial charge in [0.15, 0.2) is 0 Å². The lowest BCUT2D eigenvalue weighted by Crippen LogP contribution is -2.25. The monoisotopic (exact) mass is 370 g/mol. The molecule has 0 spiro atoms. The van der Waals surface area contributed by atoms with E-state index in [1.54, 1.807) is 23.5 Å². The third-order valence-electron chi connectivity index (χ3n) is 5.09. The van der Waals surface area contributed by atoms with E-state index in [4.69, 9.17) is 0 Å². The van der Waals surface area contributed by atoms with Gasteiger partial charge in [-0.1, -0.05) is 18.2 Å². The van der Waals surface area contributed by atoms with Crippen LogP contribution in [0.2, 0.25) is 0 Å². The highest BCUT2D eigenvalue weighted by Gasteiger charge is 2.30. The third-order valence-corrected chi connectivity index (χ3v) is 6.03. The maximum atomic E-state index is 13.6. The minimum absolute atomic E-state index is 0.174. The van der Waals surface area contributed by atoms with Crippen molar-refractivity contribution in [3.63, 3.8) is 0 Å². The topological polar surface area (TPSA) is 34.0 Å². The maximum absolute atomic E-state index is 13.6. The zero-order chi connectivity index (χ0) is 17.9. The van der Waals surface area contributed by atoms with E-state index in [9.17, 15) is 4.39 Å². The first-order valence-electron chi connectivity index (χ1n) is 9.15. The van der Waals surface area contributed by atoms with Crippen LogP contribution in [0.15, 0.2) is 41.8 Å². The molecule has 1 aliphatic rings. The Morgan fingerprint density at radius 3 is 2.92 bits per heavy atom. The predicted octanol–water partition coefficient (Wildman–Crippen LogP) is 4.53. The molecule has 6 heteroatoms. The second-order valence-electron chi connectivity index (χ2n) is 6.81. The number of aromatic nitrogens is 3. The molecular weight excluding hydrogens is 347 g/mol. The van der Waals surface area contributed by atoms with Gasteiger partial charge in [-0.25, -0.2) is 4.39 Å². The van der Waals surface area contributed by atoms with Gasteiger partial charge in [0.1, 0.15) is 11.6 Å². The normalized spacial score (nSPS) is 17.2. The molecule has 1 atom stereocenters. The summed E-state index contributed by atoms with van der Waals surface area (Å²) in [6.45, 7) is 0.933. The number of hydrogen-bond donors (Lipinski definition) is 0. The zero-order valence-corrected chi connectivity index (χ0v) is 15.8. The first-order valence-corrected chi connectivity index (χ1v) is 10.0. The molecule has 1 fully saturated rings. The summed E-state index contributed by atoms with van der Waals surface area (Å²) in [5, 5.41) is 11.0. The molecule has 1 unspecified atom stereocenters. The predicted molar refractivity (Wildman–Crippen MR) is 103 cm³/mol. The van der Waals surface area contributed by atoms with Crippen molar-refractivity contribution in [1.82, 2.24) is 14.8 Å². The Hall–Kier alpha value is -2.21. The van der Waals surface area contributed by atoms with E-state index in [-0.39, 0.29) is 11.9 Å². The maximum Gasteiger partial charge on any atom is 0.227 e. The van der Waals surface area contributed by atoms with Crippen molar-refractivity contribution in [1.29, 1.82) is 0 Å². The van der Waals surface area contributed by atoms with Crippen molar-refractivity contribution < 1.29 is 4.39 Å². The van der Waals surface area contributed by atoms with E-state index in [1.165, 1.54) is 10.9 Å². The summed E-state index contributed by atoms with van der Waals surface area (Å²) in [5.74, 6) is 1.73. The Labute approximate surface area is 157 Å². The lowest BCUT2D eigenvalue weighted by molar-refractivity contribution is 0.615. The van der Waals surface area contributed by atoms with Crippen molar-refractivity contribution in [3.05, 3.63) is 63.9 Å². The van der Waals surface area contributed by atoms with Gasteiger partial charge in [0, 0.05) is 24.9 Å². The van der Waals surface area contributed by atoms with Crippen LogP contribution in [0.1, 0.15) is 41.6 Å². The van der Waals surface area contributed by atoms with Gasteiger partial charge in [-0.2, -0.15) is 0 Å². The molecule has 1 saturated heterocycles. The van der Waals surface area contributed by atoms with Crippen LogP contribution in [0.3, 0.4) is 0 Å². The van der Waals surface area contributed by atoms with Crippen LogP contribution in [0.5, 0.6) is 0 Å². The molecule has 1 aromatic carbocycles. The molecule has 3 heterocycles. The Bertz CT molecular complexity index is 859. The van der Waals surface area contributed by atoms with E-state index in [1.807, 2.05) is 13.1 Å². The quantitative estimate of drug-likeness (QED) is 0.639. The van der Waals surface area contributed by atoms with Gasteiger partial charge in [-0.05, 0) is 54.8 Å². The molecule has 0 N–H and O–H groups in total. The molecule has 0 radical (unpaired) electrons. The van der Waals surface area contributed by atoms with Crippen molar-refractivity contribution in [2.75, 3.05) is 11.4 Å². The van der Waals surface area contributed by atoms with Gasteiger partial charge in [-0.3, -0.25) is 0 Å². The van der Waals surface area contributed by atoms with Crippen LogP contribution < -0.4 is 4.90 Å². The smallest absolute Gasteiger partial charge is 0.227 e. The number of anilines is 1. The fourth-order valence-corrected chi connectivity index (χ4v) is 4.51. The summed E-state index contributed by atoms with van der Waals surface area (Å²) < 4.78 is 15.7. The number of thiophene rings is 1. The van der Waals surface area contributed by atoms with Crippen molar-refractivity contribution in [2.45, 2.75) is 38.1 Å². The molecule has 3 aromatic rings. The van der Waals surface area contributed by atoms with Crippen LogP contribution in [-0.4, -0.2) is 21.3 Å². The van der Waals surface area contributed by atoms with Crippen LogP contribution in [-0.2, 0) is 19.9 Å². The fraction of sp³-hybridized carbons (Fsp3) is 0.400. The van der Waals surface area contributed by atoms with E-state index in [0.717, 1.165) is 56.0 Å². The fourth-order valence-electron chi connectivity index (χ4n) is 3.76. The van der Waals surface area contributed by atoms with Gasteiger partial charge in [-0.15, -0.1) is 21.5 Å². The van der Waals surface area contributed by atoms with Gasteiger partial charge in [0.25, 0.3) is 0 Å². The number of benzene rings is 1. The molecule has 4 nitrogen and oxygen atoms in total. The van der Waals surface area contributed by atoms with Gasteiger partial charge < -0.3 is 9.47 Å². The molecular formula is C20H23FN4S. The second kappa shape index (κ2) is 7.58. The molecule has 1 aliphatic heterocycles. The lowest BCUT2D eigenvalue weighted by Gasteiger charge is -2.25. The van der Waals surface area contributed by atoms with Crippen LogP contribution in [0, 0.1) is 5.82 Å². The first kappa shape index (κ1) is 17.2. The van der Waals surface area contributed by atoms with Crippen LogP contribution in [0.4, 0.5) is 10.3 Å². The molecule has 136 valence electrons. The van der Waals surface area contributed by atoms with E-state index < -0.39 is 0 Å². The Morgan fingerprint density at radius 2 is 2.12 bits per heavy atom. The van der Waals surface area contributed by atoms with Crippen LogP contribution in [0.25, 0.3) is 0 Å². The summed E-state index contributed by atoms with van der Waals surface area (Å²) in [4.78, 5) is 3.68. The highest BCUT2D eigenvalue weighted by molar-refractivity contribution is 7.09. The summed E-state index contributed by atoms with van der Waals surface area (Å²) in [7, 11) is 2.04. The number of hydrogen-bond acceptors (Lipinski definition) is 4. The summed E-state index contributed by atoms with van der Waals surface area (Å²) in [6.07, 6.45) is 5.17. The number of nitrogens with zero attached hydrogens (tertiary/aromatic N) is 4. The Morgan fingerprint density at radius 1 is 1.19 bits per heavy atom. The summed E-state index contributed by atoms with van der Waals surface area (Å²) in [5.41, 5.74) is 1.02. The largest absolute Gasteiger partial charge is 0.334 e. The molecule has 0 saturated carbocycles. The van der Waals surface area contributed by atoms with Crippen molar-refractivity contribution in [2.24, 2.45) is 7.05 Å². The van der Waals surface area contributed by atoms with Gasteiger partial charge in [0.05, 0.1) is 6.04 Å². The Balaban J connectivity index is 1.47. The summed E-state index contributed by atoms with van der Waals surface area (Å²) >= 11 is 1.81. The van der Waals surface area contributed by atoms with Crippen molar-refractivity contribution in [3.8, 4) is 0 Å². The summed E-state index contributed by atoms with van der Waals surface area (Å²) in [6, 6.07) is 11.4. The molecule has 0 bridgehead atoms. The third kappa shape index (κ3) is 3.51. The second-order valence-corrected chi connectivity index (χ2v) is 7.85. The van der Waals surface area contributed by atoms with E-state index in [2.05, 4.69) is 37.2 Å². The molecule has 26 heavy (non-hydrogen) atoms. The van der Waals surface area contributed by atoms with E-state index in [0.29, 0.717) is 0 Å². The molecule has 4 rings (SSSR count). The average molecular weight is 370 g/mol. The van der Waals surface area contributed by atoms with Gasteiger partial charge >= 0.3 is 0 Å². The number of halogens is 1. The van der Waals surface area contributed by atoms with Gasteiger partial charge in [0.2, 0.25) is 5.95 Å². The molecule has 0 aliphatic carbocycles.